The van der Waals surface area contributed by atoms with E-state index in [1.54, 1.807) is 30.3 Å². The maximum atomic E-state index is 13.4. The molecule has 1 aromatic rings. The molecule has 0 aromatic heterocycles. The van der Waals surface area contributed by atoms with Crippen molar-refractivity contribution in [2.45, 2.75) is 38.5 Å². The lowest BCUT2D eigenvalue weighted by atomic mass is 9.94. The normalized spacial score (nSPS) is 14.2. The van der Waals surface area contributed by atoms with Gasteiger partial charge >= 0.3 is 18.0 Å². The number of benzene rings is 1. The van der Waals surface area contributed by atoms with Crippen LogP contribution in [-0.2, 0) is 16.1 Å². The van der Waals surface area contributed by atoms with E-state index in [0.717, 1.165) is 0 Å². The van der Waals surface area contributed by atoms with Crippen LogP contribution in [0.4, 0.5) is 13.6 Å². The summed E-state index contributed by atoms with van der Waals surface area (Å²) in [4.78, 5) is 22.2. The van der Waals surface area contributed by atoms with Crippen LogP contribution in [0.1, 0.15) is 19.4 Å². The molecule has 0 heterocycles. The SMILES string of the molecule is CC(C)[C@H](NC(=O)OCc1ccccc1)C(O)C(F)(F)C(=O)O. The number of hydrogen-bond acceptors (Lipinski definition) is 4. The molecule has 23 heavy (non-hydrogen) atoms. The Hall–Kier alpha value is -2.22. The molecule has 1 rings (SSSR count). The van der Waals surface area contributed by atoms with Gasteiger partial charge in [-0.25, -0.2) is 9.59 Å². The number of carboxylic acids is 1. The molecule has 0 bridgehead atoms. The Balaban J connectivity index is 2.68. The van der Waals surface area contributed by atoms with Crippen molar-refractivity contribution >= 4 is 12.1 Å². The van der Waals surface area contributed by atoms with Gasteiger partial charge in [0.05, 0.1) is 6.04 Å². The number of aliphatic carboxylic acids is 1. The van der Waals surface area contributed by atoms with Crippen LogP contribution in [-0.4, -0.2) is 40.3 Å². The van der Waals surface area contributed by atoms with Gasteiger partial charge < -0.3 is 20.3 Å². The first-order valence-electron chi connectivity index (χ1n) is 6.92. The number of carboxylic acid groups (broad SMARTS) is 1. The largest absolute Gasteiger partial charge is 0.477 e. The highest BCUT2D eigenvalue weighted by Gasteiger charge is 2.51. The molecule has 1 unspecified atom stereocenters. The van der Waals surface area contributed by atoms with Gasteiger partial charge in [-0.15, -0.1) is 0 Å². The van der Waals surface area contributed by atoms with Crippen molar-refractivity contribution in [2.24, 2.45) is 5.92 Å². The summed E-state index contributed by atoms with van der Waals surface area (Å²) in [6.07, 6.45) is -3.60. The summed E-state index contributed by atoms with van der Waals surface area (Å²) in [5.41, 5.74) is 0.695. The smallest absolute Gasteiger partial charge is 0.407 e. The second-order valence-electron chi connectivity index (χ2n) is 5.35. The van der Waals surface area contributed by atoms with Gasteiger partial charge in [0.1, 0.15) is 12.7 Å². The van der Waals surface area contributed by atoms with Gasteiger partial charge in [0, 0.05) is 0 Å². The van der Waals surface area contributed by atoms with Crippen molar-refractivity contribution < 1.29 is 33.3 Å². The average molecular weight is 331 g/mol. The first-order chi connectivity index (χ1) is 10.7. The minimum atomic E-state index is -4.39. The van der Waals surface area contributed by atoms with E-state index in [4.69, 9.17) is 9.84 Å². The van der Waals surface area contributed by atoms with Crippen LogP contribution in [0.15, 0.2) is 30.3 Å². The highest BCUT2D eigenvalue weighted by molar-refractivity contribution is 5.76. The Morgan fingerprint density at radius 3 is 2.30 bits per heavy atom. The highest BCUT2D eigenvalue weighted by atomic mass is 19.3. The van der Waals surface area contributed by atoms with Crippen LogP contribution in [0.2, 0.25) is 0 Å². The quantitative estimate of drug-likeness (QED) is 0.710. The number of alkyl halides is 2. The topological polar surface area (TPSA) is 95.9 Å². The number of carbonyl (C=O) groups is 2. The van der Waals surface area contributed by atoms with E-state index in [1.165, 1.54) is 13.8 Å². The fraction of sp³-hybridized carbons (Fsp3) is 0.467. The summed E-state index contributed by atoms with van der Waals surface area (Å²) in [7, 11) is 0. The van der Waals surface area contributed by atoms with Crippen LogP contribution in [0, 0.1) is 5.92 Å². The molecule has 6 nitrogen and oxygen atoms in total. The van der Waals surface area contributed by atoms with Crippen molar-refractivity contribution in [2.75, 3.05) is 0 Å². The number of halogens is 2. The minimum Gasteiger partial charge on any atom is -0.477 e. The van der Waals surface area contributed by atoms with Gasteiger partial charge in [-0.1, -0.05) is 44.2 Å². The number of alkyl carbamates (subject to hydrolysis) is 1. The maximum Gasteiger partial charge on any atom is 0.407 e. The number of nitrogens with one attached hydrogen (secondary N) is 1. The molecule has 0 aliphatic rings. The molecule has 0 aliphatic heterocycles. The summed E-state index contributed by atoms with van der Waals surface area (Å²) in [6.45, 7) is 2.84. The van der Waals surface area contributed by atoms with Crippen LogP contribution in [0.3, 0.4) is 0 Å². The van der Waals surface area contributed by atoms with Gasteiger partial charge in [-0.3, -0.25) is 0 Å². The number of aliphatic hydroxyl groups is 1. The lowest BCUT2D eigenvalue weighted by molar-refractivity contribution is -0.186. The van der Waals surface area contributed by atoms with Crippen molar-refractivity contribution in [1.82, 2.24) is 5.32 Å². The van der Waals surface area contributed by atoms with E-state index < -0.39 is 36.0 Å². The number of carbonyl (C=O) groups excluding carboxylic acids is 1. The van der Waals surface area contributed by atoms with Crippen LogP contribution in [0.25, 0.3) is 0 Å². The predicted octanol–water partition coefficient (Wildman–Crippen LogP) is 2.02. The number of hydrogen-bond donors (Lipinski definition) is 3. The van der Waals surface area contributed by atoms with Gasteiger partial charge in [0.2, 0.25) is 0 Å². The summed E-state index contributed by atoms with van der Waals surface area (Å²) in [6, 6.07) is 7.20. The third kappa shape index (κ3) is 5.17. The lowest BCUT2D eigenvalue weighted by Crippen LogP contribution is -2.56. The second-order valence-corrected chi connectivity index (χ2v) is 5.35. The molecular formula is C15H19F2NO5. The Morgan fingerprint density at radius 2 is 1.83 bits per heavy atom. The molecule has 0 fully saturated rings. The van der Waals surface area contributed by atoms with Gasteiger partial charge in [-0.2, -0.15) is 8.78 Å². The van der Waals surface area contributed by atoms with Crippen molar-refractivity contribution in [3.05, 3.63) is 35.9 Å². The molecule has 0 radical (unpaired) electrons. The molecule has 0 aliphatic carbocycles. The molecular weight excluding hydrogens is 312 g/mol. The fourth-order valence-corrected chi connectivity index (χ4v) is 1.86. The van der Waals surface area contributed by atoms with Gasteiger partial charge in [0.25, 0.3) is 0 Å². The highest BCUT2D eigenvalue weighted by Crippen LogP contribution is 2.24. The average Bonchev–Trinajstić information content (AvgIpc) is 2.50. The Kier molecular flexibility index (Phi) is 6.44. The molecule has 0 spiro atoms. The Bertz CT molecular complexity index is 536. The monoisotopic (exact) mass is 331 g/mol. The zero-order chi connectivity index (χ0) is 17.6. The van der Waals surface area contributed by atoms with Crippen LogP contribution >= 0.6 is 0 Å². The molecule has 3 N–H and O–H groups in total. The summed E-state index contributed by atoms with van der Waals surface area (Å²) >= 11 is 0. The number of amides is 1. The van der Waals surface area contributed by atoms with Gasteiger partial charge in [0.15, 0.2) is 0 Å². The van der Waals surface area contributed by atoms with Crippen LogP contribution in [0.5, 0.6) is 0 Å². The van der Waals surface area contributed by atoms with E-state index in [1.807, 2.05) is 0 Å². The standard InChI is InChI=1S/C15H19F2NO5/c1-9(2)11(12(19)15(16,17)13(20)21)18-14(22)23-8-10-6-4-3-5-7-10/h3-7,9,11-12,19H,8H2,1-2H3,(H,18,22)(H,20,21)/t11-,12?/m0/s1. The van der Waals surface area contributed by atoms with E-state index >= 15 is 0 Å². The molecule has 8 heteroatoms. The number of rotatable bonds is 7. The summed E-state index contributed by atoms with van der Waals surface area (Å²) < 4.78 is 31.7. The van der Waals surface area contributed by atoms with E-state index in [-0.39, 0.29) is 6.61 Å². The molecule has 0 saturated carbocycles. The fourth-order valence-electron chi connectivity index (χ4n) is 1.86. The van der Waals surface area contributed by atoms with Crippen molar-refractivity contribution in [3.8, 4) is 0 Å². The minimum absolute atomic E-state index is 0.0804. The van der Waals surface area contributed by atoms with Gasteiger partial charge in [-0.05, 0) is 11.5 Å². The van der Waals surface area contributed by atoms with Crippen LogP contribution < -0.4 is 5.32 Å². The first-order valence-corrected chi connectivity index (χ1v) is 6.92. The molecule has 0 saturated heterocycles. The van der Waals surface area contributed by atoms with E-state index in [9.17, 15) is 23.5 Å². The summed E-state index contributed by atoms with van der Waals surface area (Å²) in [5, 5.41) is 20.2. The Morgan fingerprint density at radius 1 is 1.26 bits per heavy atom. The lowest BCUT2D eigenvalue weighted by Gasteiger charge is -2.30. The molecule has 1 aromatic carbocycles. The van der Waals surface area contributed by atoms with Crippen molar-refractivity contribution in [1.29, 1.82) is 0 Å². The zero-order valence-electron chi connectivity index (χ0n) is 12.7. The predicted molar refractivity (Wildman–Crippen MR) is 77.0 cm³/mol. The number of ether oxygens (including phenoxy) is 1. The molecule has 1 amide bonds. The number of aliphatic hydroxyl groups excluding tert-OH is 1. The molecule has 128 valence electrons. The second kappa shape index (κ2) is 7.87. The Labute approximate surface area is 132 Å². The zero-order valence-corrected chi connectivity index (χ0v) is 12.7. The van der Waals surface area contributed by atoms with E-state index in [2.05, 4.69) is 5.32 Å². The molecule has 2 atom stereocenters. The third-order valence-electron chi connectivity index (χ3n) is 3.21. The maximum absolute atomic E-state index is 13.4. The third-order valence-corrected chi connectivity index (χ3v) is 3.21. The van der Waals surface area contributed by atoms with E-state index in [0.29, 0.717) is 5.56 Å². The first kappa shape index (κ1) is 18.8. The van der Waals surface area contributed by atoms with Crippen molar-refractivity contribution in [3.63, 3.8) is 0 Å². The summed E-state index contributed by atoms with van der Waals surface area (Å²) in [5.74, 6) is -7.49.